The Labute approximate surface area is 132 Å². The molecule has 0 unspecified atom stereocenters. The van der Waals surface area contributed by atoms with Gasteiger partial charge in [-0.2, -0.15) is 9.97 Å². The summed E-state index contributed by atoms with van der Waals surface area (Å²) < 4.78 is 12.1. The van der Waals surface area contributed by atoms with E-state index in [4.69, 9.17) is 9.47 Å². The molecule has 2 aromatic rings. The Morgan fingerprint density at radius 1 is 1.10 bits per heavy atom. The Kier molecular flexibility index (Phi) is 5.32. The number of nitrogens with zero attached hydrogens (tertiary/aromatic N) is 3. The lowest BCUT2D eigenvalue weighted by atomic mass is 10.3. The quantitative estimate of drug-likeness (QED) is 0.855. The second kappa shape index (κ2) is 7.21. The van der Waals surface area contributed by atoms with E-state index in [0.29, 0.717) is 18.2 Å². The molecule has 0 amide bonds. The number of nitrogens with one attached hydrogen (secondary N) is 1. The van der Waals surface area contributed by atoms with Gasteiger partial charge in [-0.05, 0) is 45.0 Å². The molecule has 0 aliphatic heterocycles. The molecule has 1 heterocycles. The number of benzene rings is 1. The molecule has 1 aromatic heterocycles. The predicted molar refractivity (Wildman–Crippen MR) is 84.0 cm³/mol. The molecule has 0 atom stereocenters. The Balaban J connectivity index is 2.24. The summed E-state index contributed by atoms with van der Waals surface area (Å²) in [5.41, 5.74) is 0. The molecule has 0 aliphatic carbocycles. The molecule has 7 heteroatoms. The van der Waals surface area contributed by atoms with Crippen LogP contribution >= 0.6 is 15.9 Å². The summed E-state index contributed by atoms with van der Waals surface area (Å²) in [6.07, 6.45) is -0.0255. The van der Waals surface area contributed by atoms with Gasteiger partial charge in [0.15, 0.2) is 0 Å². The van der Waals surface area contributed by atoms with Crippen molar-refractivity contribution in [2.24, 2.45) is 0 Å². The van der Waals surface area contributed by atoms with E-state index in [1.54, 1.807) is 0 Å². The highest BCUT2D eigenvalue weighted by molar-refractivity contribution is 9.10. The Morgan fingerprint density at radius 3 is 2.38 bits per heavy atom. The van der Waals surface area contributed by atoms with Gasteiger partial charge in [0.1, 0.15) is 5.75 Å². The number of hydrogen-bond acceptors (Lipinski definition) is 6. The fraction of sp³-hybridized carbons (Fsp3) is 0.357. The summed E-state index contributed by atoms with van der Waals surface area (Å²) in [6.45, 7) is 6.48. The zero-order valence-electron chi connectivity index (χ0n) is 12.1. The van der Waals surface area contributed by atoms with Gasteiger partial charge in [-0.25, -0.2) is 0 Å². The molecule has 0 saturated heterocycles. The number of aromatic nitrogens is 3. The van der Waals surface area contributed by atoms with Crippen molar-refractivity contribution >= 4 is 21.9 Å². The van der Waals surface area contributed by atoms with E-state index in [1.165, 1.54) is 0 Å². The maximum Gasteiger partial charge on any atom is 0.330 e. The van der Waals surface area contributed by atoms with Crippen LogP contribution < -0.4 is 14.8 Å². The SMILES string of the molecule is CCNc1nc(Oc2ccc(Br)cc2)nc(OC(C)C)n1. The summed E-state index contributed by atoms with van der Waals surface area (Å²) in [4.78, 5) is 12.5. The predicted octanol–water partition coefficient (Wildman–Crippen LogP) is 3.65. The van der Waals surface area contributed by atoms with Gasteiger partial charge in [-0.15, -0.1) is 4.98 Å². The highest BCUT2D eigenvalue weighted by Gasteiger charge is 2.10. The maximum atomic E-state index is 5.64. The first kappa shape index (κ1) is 15.5. The zero-order valence-corrected chi connectivity index (χ0v) is 13.7. The van der Waals surface area contributed by atoms with E-state index in [9.17, 15) is 0 Å². The zero-order chi connectivity index (χ0) is 15.2. The maximum absolute atomic E-state index is 5.64. The topological polar surface area (TPSA) is 69.2 Å². The molecule has 112 valence electrons. The van der Waals surface area contributed by atoms with Crippen LogP contribution in [0.4, 0.5) is 5.95 Å². The van der Waals surface area contributed by atoms with Crippen LogP contribution in [0.3, 0.4) is 0 Å². The monoisotopic (exact) mass is 352 g/mol. The number of ether oxygens (including phenoxy) is 2. The van der Waals surface area contributed by atoms with Crippen molar-refractivity contribution in [3.05, 3.63) is 28.7 Å². The van der Waals surface area contributed by atoms with Gasteiger partial charge in [-0.1, -0.05) is 15.9 Å². The van der Waals surface area contributed by atoms with Gasteiger partial charge >= 0.3 is 12.0 Å². The van der Waals surface area contributed by atoms with E-state index in [-0.39, 0.29) is 18.1 Å². The summed E-state index contributed by atoms with van der Waals surface area (Å²) in [6, 6.07) is 7.84. The number of rotatable bonds is 6. The second-order valence-corrected chi connectivity index (χ2v) is 5.39. The molecule has 0 spiro atoms. The Hall–Kier alpha value is -1.89. The highest BCUT2D eigenvalue weighted by atomic mass is 79.9. The Morgan fingerprint density at radius 2 is 1.76 bits per heavy atom. The third-order valence-corrected chi connectivity index (χ3v) is 2.82. The minimum atomic E-state index is -0.0255. The molecule has 0 bridgehead atoms. The van der Waals surface area contributed by atoms with Crippen molar-refractivity contribution in [1.82, 2.24) is 15.0 Å². The first-order valence-electron chi connectivity index (χ1n) is 6.67. The molecule has 0 saturated carbocycles. The van der Waals surface area contributed by atoms with Crippen LogP contribution in [-0.4, -0.2) is 27.6 Å². The molecule has 1 N–H and O–H groups in total. The van der Waals surface area contributed by atoms with Gasteiger partial charge in [0.05, 0.1) is 6.10 Å². The largest absolute Gasteiger partial charge is 0.461 e. The molecule has 0 fully saturated rings. The van der Waals surface area contributed by atoms with Crippen molar-refractivity contribution in [2.45, 2.75) is 26.9 Å². The van der Waals surface area contributed by atoms with E-state index >= 15 is 0 Å². The van der Waals surface area contributed by atoms with Crippen molar-refractivity contribution in [2.75, 3.05) is 11.9 Å². The molecular formula is C14H17BrN4O2. The van der Waals surface area contributed by atoms with Crippen molar-refractivity contribution in [1.29, 1.82) is 0 Å². The summed E-state index contributed by atoms with van der Waals surface area (Å²) >= 11 is 3.37. The molecule has 2 rings (SSSR count). The third-order valence-electron chi connectivity index (χ3n) is 2.29. The van der Waals surface area contributed by atoms with Crippen molar-refractivity contribution in [3.8, 4) is 17.8 Å². The van der Waals surface area contributed by atoms with Gasteiger partial charge in [0.2, 0.25) is 5.95 Å². The first-order chi connectivity index (χ1) is 10.1. The molecule has 1 aromatic carbocycles. The minimum Gasteiger partial charge on any atom is -0.461 e. The third kappa shape index (κ3) is 4.86. The lowest BCUT2D eigenvalue weighted by molar-refractivity contribution is 0.218. The summed E-state index contributed by atoms with van der Waals surface area (Å²) in [5, 5.41) is 3.03. The van der Waals surface area contributed by atoms with E-state index < -0.39 is 0 Å². The van der Waals surface area contributed by atoms with E-state index in [0.717, 1.165) is 4.47 Å². The summed E-state index contributed by atoms with van der Waals surface area (Å²) in [5.74, 6) is 1.07. The fourth-order valence-corrected chi connectivity index (χ4v) is 1.76. The smallest absolute Gasteiger partial charge is 0.330 e. The normalized spacial score (nSPS) is 10.5. The number of hydrogen-bond donors (Lipinski definition) is 1. The molecular weight excluding hydrogens is 336 g/mol. The van der Waals surface area contributed by atoms with Crippen LogP contribution in [0, 0.1) is 0 Å². The van der Waals surface area contributed by atoms with Crippen LogP contribution in [0.2, 0.25) is 0 Å². The minimum absolute atomic E-state index is 0.0255. The second-order valence-electron chi connectivity index (χ2n) is 4.48. The molecule has 0 aliphatic rings. The van der Waals surface area contributed by atoms with Crippen molar-refractivity contribution < 1.29 is 9.47 Å². The number of anilines is 1. The highest BCUT2D eigenvalue weighted by Crippen LogP contribution is 2.22. The average Bonchev–Trinajstić information content (AvgIpc) is 2.41. The van der Waals surface area contributed by atoms with Crippen LogP contribution in [0.15, 0.2) is 28.7 Å². The van der Waals surface area contributed by atoms with Gasteiger partial charge in [-0.3, -0.25) is 0 Å². The van der Waals surface area contributed by atoms with Crippen LogP contribution in [0.25, 0.3) is 0 Å². The van der Waals surface area contributed by atoms with Crippen LogP contribution in [-0.2, 0) is 0 Å². The van der Waals surface area contributed by atoms with Crippen LogP contribution in [0.5, 0.6) is 17.8 Å². The molecule has 0 radical (unpaired) electrons. The van der Waals surface area contributed by atoms with Crippen LogP contribution in [0.1, 0.15) is 20.8 Å². The molecule has 6 nitrogen and oxygen atoms in total. The van der Waals surface area contributed by atoms with Crippen molar-refractivity contribution in [3.63, 3.8) is 0 Å². The standard InChI is InChI=1S/C14H17BrN4O2/c1-4-16-12-17-13(20-9(2)3)19-14(18-12)21-11-7-5-10(15)6-8-11/h5-9H,4H2,1-3H3,(H,16,17,18,19). The fourth-order valence-electron chi connectivity index (χ4n) is 1.49. The van der Waals surface area contributed by atoms with Gasteiger partial charge in [0.25, 0.3) is 0 Å². The first-order valence-corrected chi connectivity index (χ1v) is 7.46. The van der Waals surface area contributed by atoms with E-state index in [2.05, 4.69) is 36.2 Å². The lowest BCUT2D eigenvalue weighted by Gasteiger charge is -2.11. The van der Waals surface area contributed by atoms with Gasteiger partial charge < -0.3 is 14.8 Å². The Bertz CT molecular complexity index is 590. The average molecular weight is 353 g/mol. The molecule has 21 heavy (non-hydrogen) atoms. The number of halogens is 1. The van der Waals surface area contributed by atoms with Gasteiger partial charge in [0, 0.05) is 11.0 Å². The summed E-state index contributed by atoms with van der Waals surface area (Å²) in [7, 11) is 0. The lowest BCUT2D eigenvalue weighted by Crippen LogP contribution is -2.12. The van der Waals surface area contributed by atoms with E-state index in [1.807, 2.05) is 45.0 Å².